The monoisotopic (exact) mass is 931 g/mol. The average molecular weight is 932 g/mol. The molecule has 0 rings (SSSR count). The molecular formula is C60H114O6. The summed E-state index contributed by atoms with van der Waals surface area (Å²) in [5, 5.41) is 0. The van der Waals surface area contributed by atoms with Crippen LogP contribution in [0.3, 0.4) is 0 Å². The zero-order chi connectivity index (χ0) is 47.9. The van der Waals surface area contributed by atoms with Gasteiger partial charge in [0.2, 0.25) is 0 Å². The lowest BCUT2D eigenvalue weighted by atomic mass is 10.0. The summed E-state index contributed by atoms with van der Waals surface area (Å²) in [6.45, 7) is 6.65. The second-order valence-electron chi connectivity index (χ2n) is 20.3. The third-order valence-electron chi connectivity index (χ3n) is 13.5. The summed E-state index contributed by atoms with van der Waals surface area (Å²) >= 11 is 0. The highest BCUT2D eigenvalue weighted by Crippen LogP contribution is 2.17. The molecule has 0 aromatic heterocycles. The van der Waals surface area contributed by atoms with Crippen molar-refractivity contribution in [1.29, 1.82) is 0 Å². The minimum Gasteiger partial charge on any atom is -0.462 e. The lowest BCUT2D eigenvalue weighted by molar-refractivity contribution is -0.167. The van der Waals surface area contributed by atoms with Crippen molar-refractivity contribution in [3.8, 4) is 0 Å². The van der Waals surface area contributed by atoms with Crippen LogP contribution < -0.4 is 0 Å². The molecule has 0 heterocycles. The summed E-state index contributed by atoms with van der Waals surface area (Å²) in [6.07, 6.45) is 63.8. The highest BCUT2D eigenvalue weighted by Gasteiger charge is 2.19. The van der Waals surface area contributed by atoms with Gasteiger partial charge in [0, 0.05) is 19.3 Å². The lowest BCUT2D eigenvalue weighted by Crippen LogP contribution is -2.30. The molecule has 0 aromatic carbocycles. The fourth-order valence-electron chi connectivity index (χ4n) is 9.03. The van der Waals surface area contributed by atoms with E-state index in [0.29, 0.717) is 19.3 Å². The molecule has 0 aliphatic heterocycles. The highest BCUT2D eigenvalue weighted by atomic mass is 16.6. The Bertz CT molecular complexity index is 1020. The van der Waals surface area contributed by atoms with E-state index in [4.69, 9.17) is 14.2 Å². The Morgan fingerprint density at radius 3 is 0.758 bits per heavy atom. The molecule has 0 spiro atoms. The van der Waals surface area contributed by atoms with Crippen LogP contribution >= 0.6 is 0 Å². The van der Waals surface area contributed by atoms with Gasteiger partial charge in [-0.1, -0.05) is 283 Å². The molecule has 0 aliphatic carbocycles. The number of esters is 3. The maximum Gasteiger partial charge on any atom is 0.306 e. The molecule has 390 valence electrons. The minimum absolute atomic E-state index is 0.0665. The van der Waals surface area contributed by atoms with Gasteiger partial charge in [-0.3, -0.25) is 14.4 Å². The SMILES string of the molecule is CCCCCCCCC/C=C\CCCCCCCCCC(=O)OC(COC(=O)CCCCCCCCC)COC(=O)CCCCCCCCCCCCCCCCCCCCCCCCC. The van der Waals surface area contributed by atoms with Crippen LogP contribution in [0.15, 0.2) is 12.2 Å². The molecule has 0 aliphatic rings. The first-order valence-corrected chi connectivity index (χ1v) is 29.7. The fourth-order valence-corrected chi connectivity index (χ4v) is 9.03. The second-order valence-corrected chi connectivity index (χ2v) is 20.3. The predicted molar refractivity (Wildman–Crippen MR) is 284 cm³/mol. The van der Waals surface area contributed by atoms with Gasteiger partial charge in [-0.05, 0) is 44.9 Å². The van der Waals surface area contributed by atoms with Crippen LogP contribution in [0.1, 0.15) is 335 Å². The van der Waals surface area contributed by atoms with Gasteiger partial charge in [0.05, 0.1) is 0 Å². The lowest BCUT2D eigenvalue weighted by Gasteiger charge is -2.18. The number of carbonyl (C=O) groups excluding carboxylic acids is 3. The number of allylic oxidation sites excluding steroid dienone is 2. The molecule has 0 N–H and O–H groups in total. The highest BCUT2D eigenvalue weighted by molar-refractivity contribution is 5.71. The Morgan fingerprint density at radius 2 is 0.500 bits per heavy atom. The normalized spacial score (nSPS) is 12.0. The van der Waals surface area contributed by atoms with E-state index in [1.807, 2.05) is 0 Å². The maximum atomic E-state index is 12.8. The molecule has 6 heteroatoms. The molecule has 0 radical (unpaired) electrons. The minimum atomic E-state index is -0.765. The van der Waals surface area contributed by atoms with Crippen LogP contribution in [0.5, 0.6) is 0 Å². The number of carbonyl (C=O) groups is 3. The molecule has 1 unspecified atom stereocenters. The average Bonchev–Trinajstić information content (AvgIpc) is 3.31. The number of rotatable bonds is 55. The van der Waals surface area contributed by atoms with Crippen LogP contribution in [-0.4, -0.2) is 37.2 Å². The second kappa shape index (κ2) is 55.7. The predicted octanol–water partition coefficient (Wildman–Crippen LogP) is 19.7. The molecule has 0 saturated carbocycles. The molecule has 0 aromatic rings. The smallest absolute Gasteiger partial charge is 0.306 e. The van der Waals surface area contributed by atoms with E-state index in [1.54, 1.807) is 0 Å². The third-order valence-corrected chi connectivity index (χ3v) is 13.5. The van der Waals surface area contributed by atoms with Crippen LogP contribution in [0.25, 0.3) is 0 Å². The van der Waals surface area contributed by atoms with E-state index in [0.717, 1.165) is 57.8 Å². The zero-order valence-electron chi connectivity index (χ0n) is 44.7. The maximum absolute atomic E-state index is 12.8. The van der Waals surface area contributed by atoms with Crippen LogP contribution in [0, 0.1) is 0 Å². The summed E-state index contributed by atoms with van der Waals surface area (Å²) in [4.78, 5) is 38.0. The quantitative estimate of drug-likeness (QED) is 0.0262. The van der Waals surface area contributed by atoms with Gasteiger partial charge in [0.1, 0.15) is 13.2 Å². The van der Waals surface area contributed by atoms with E-state index in [2.05, 4.69) is 32.9 Å². The van der Waals surface area contributed by atoms with Crippen molar-refractivity contribution in [2.45, 2.75) is 341 Å². The van der Waals surface area contributed by atoms with Gasteiger partial charge < -0.3 is 14.2 Å². The number of ether oxygens (including phenoxy) is 3. The molecule has 0 fully saturated rings. The first kappa shape index (κ1) is 64.2. The van der Waals surface area contributed by atoms with Crippen molar-refractivity contribution < 1.29 is 28.6 Å². The zero-order valence-corrected chi connectivity index (χ0v) is 44.7. The molecule has 6 nitrogen and oxygen atoms in total. The Balaban J connectivity index is 4.11. The number of hydrogen-bond acceptors (Lipinski definition) is 6. The molecule has 0 saturated heterocycles. The van der Waals surface area contributed by atoms with Crippen molar-refractivity contribution in [2.75, 3.05) is 13.2 Å². The molecular weight excluding hydrogens is 817 g/mol. The molecule has 66 heavy (non-hydrogen) atoms. The summed E-state index contributed by atoms with van der Waals surface area (Å²) in [6, 6.07) is 0. The molecule has 0 bridgehead atoms. The van der Waals surface area contributed by atoms with Crippen LogP contribution in [0.2, 0.25) is 0 Å². The van der Waals surface area contributed by atoms with Crippen LogP contribution in [-0.2, 0) is 28.6 Å². The van der Waals surface area contributed by atoms with Gasteiger partial charge in [0.25, 0.3) is 0 Å². The van der Waals surface area contributed by atoms with Gasteiger partial charge in [0.15, 0.2) is 6.10 Å². The van der Waals surface area contributed by atoms with Crippen molar-refractivity contribution in [3.05, 3.63) is 12.2 Å². The number of hydrogen-bond donors (Lipinski definition) is 0. The topological polar surface area (TPSA) is 78.9 Å². The Hall–Kier alpha value is -1.85. The van der Waals surface area contributed by atoms with E-state index in [9.17, 15) is 14.4 Å². The Labute approximate surface area is 411 Å². The first-order valence-electron chi connectivity index (χ1n) is 29.7. The third kappa shape index (κ3) is 53.1. The van der Waals surface area contributed by atoms with Crippen LogP contribution in [0.4, 0.5) is 0 Å². The van der Waals surface area contributed by atoms with E-state index in [1.165, 1.54) is 238 Å². The summed E-state index contributed by atoms with van der Waals surface area (Å²) in [5.74, 6) is -0.855. The van der Waals surface area contributed by atoms with Crippen molar-refractivity contribution >= 4 is 17.9 Å². The molecule has 1 atom stereocenters. The summed E-state index contributed by atoms with van der Waals surface area (Å²) < 4.78 is 16.8. The van der Waals surface area contributed by atoms with Gasteiger partial charge in [-0.2, -0.15) is 0 Å². The van der Waals surface area contributed by atoms with Crippen molar-refractivity contribution in [1.82, 2.24) is 0 Å². The van der Waals surface area contributed by atoms with Gasteiger partial charge >= 0.3 is 17.9 Å². The Kier molecular flexibility index (Phi) is 54.2. The van der Waals surface area contributed by atoms with Crippen molar-refractivity contribution in [2.24, 2.45) is 0 Å². The van der Waals surface area contributed by atoms with E-state index in [-0.39, 0.29) is 31.1 Å². The van der Waals surface area contributed by atoms with E-state index < -0.39 is 6.10 Å². The number of unbranched alkanes of at least 4 members (excludes halogenated alkanes) is 42. The van der Waals surface area contributed by atoms with Crippen molar-refractivity contribution in [3.63, 3.8) is 0 Å². The summed E-state index contributed by atoms with van der Waals surface area (Å²) in [7, 11) is 0. The van der Waals surface area contributed by atoms with Gasteiger partial charge in [-0.25, -0.2) is 0 Å². The standard InChI is InChI=1S/C60H114O6/c1-4-7-10-13-16-18-20-22-24-26-28-29-30-31-32-34-35-37-39-41-44-47-50-53-59(62)65-56-57(55-64-58(61)52-49-46-43-15-12-9-6-3)66-60(63)54-51-48-45-42-40-38-36-33-27-25-23-21-19-17-14-11-8-5-2/h25,27,57H,4-24,26,28-56H2,1-3H3/b27-25-. The summed E-state index contributed by atoms with van der Waals surface area (Å²) in [5.41, 5.74) is 0. The molecule has 0 amide bonds. The van der Waals surface area contributed by atoms with Gasteiger partial charge in [-0.15, -0.1) is 0 Å². The fraction of sp³-hybridized carbons (Fsp3) is 0.917. The Morgan fingerprint density at radius 1 is 0.288 bits per heavy atom. The first-order chi connectivity index (χ1) is 32.5. The largest absolute Gasteiger partial charge is 0.462 e. The van der Waals surface area contributed by atoms with E-state index >= 15 is 0 Å².